The number of aryl methyl sites for hydroxylation is 1. The Hall–Kier alpha value is -1.80. The quantitative estimate of drug-likeness (QED) is 0.771. The first-order chi connectivity index (χ1) is 9.38. The van der Waals surface area contributed by atoms with Gasteiger partial charge in [0.25, 0.3) is 0 Å². The van der Waals surface area contributed by atoms with Crippen molar-refractivity contribution in [2.75, 3.05) is 13.2 Å². The van der Waals surface area contributed by atoms with Gasteiger partial charge in [-0.15, -0.1) is 0 Å². The van der Waals surface area contributed by atoms with Gasteiger partial charge in [-0.2, -0.15) is 0 Å². The van der Waals surface area contributed by atoms with Crippen molar-refractivity contribution >= 4 is 0 Å². The fourth-order valence-corrected chi connectivity index (χ4v) is 2.03. The molecule has 2 aromatic carbocycles. The Morgan fingerprint density at radius 3 is 2.16 bits per heavy atom. The van der Waals surface area contributed by atoms with Crippen molar-refractivity contribution in [2.45, 2.75) is 19.3 Å². The summed E-state index contributed by atoms with van der Waals surface area (Å²) in [6, 6.07) is 18.7. The first-order valence-corrected chi connectivity index (χ1v) is 6.84. The summed E-state index contributed by atoms with van der Waals surface area (Å²) in [5.74, 6) is 0.939. The van der Waals surface area contributed by atoms with E-state index in [0.717, 1.165) is 31.6 Å². The third-order valence-electron chi connectivity index (χ3n) is 3.08. The second-order valence-electron chi connectivity index (χ2n) is 4.62. The zero-order chi connectivity index (χ0) is 13.3. The van der Waals surface area contributed by atoms with Gasteiger partial charge >= 0.3 is 0 Å². The largest absolute Gasteiger partial charge is 0.494 e. The van der Waals surface area contributed by atoms with Crippen LogP contribution in [0.4, 0.5) is 0 Å². The molecule has 0 atom stereocenters. The zero-order valence-corrected chi connectivity index (χ0v) is 11.2. The van der Waals surface area contributed by atoms with Crippen LogP contribution >= 0.6 is 0 Å². The predicted molar refractivity (Wildman–Crippen MR) is 79.5 cm³/mol. The average Bonchev–Trinajstić information content (AvgIpc) is 2.47. The van der Waals surface area contributed by atoms with E-state index in [0.29, 0.717) is 6.54 Å². The van der Waals surface area contributed by atoms with Gasteiger partial charge in [0.05, 0.1) is 6.61 Å². The van der Waals surface area contributed by atoms with Crippen molar-refractivity contribution < 1.29 is 4.74 Å². The maximum Gasteiger partial charge on any atom is 0.119 e. The predicted octanol–water partition coefficient (Wildman–Crippen LogP) is 3.20. The molecule has 0 saturated carbocycles. The highest BCUT2D eigenvalue weighted by Crippen LogP contribution is 2.13. The first-order valence-electron chi connectivity index (χ1n) is 6.84. The normalized spacial score (nSPS) is 10.4. The van der Waals surface area contributed by atoms with Gasteiger partial charge in [-0.3, -0.25) is 0 Å². The zero-order valence-electron chi connectivity index (χ0n) is 11.2. The molecule has 0 fully saturated rings. The van der Waals surface area contributed by atoms with Crippen LogP contribution in [-0.2, 0) is 12.8 Å². The molecule has 0 aliphatic rings. The molecule has 2 heteroatoms. The Balaban J connectivity index is 1.70. The van der Waals surface area contributed by atoms with E-state index >= 15 is 0 Å². The summed E-state index contributed by atoms with van der Waals surface area (Å²) < 4.78 is 5.73. The molecule has 0 aromatic heterocycles. The Kier molecular flexibility index (Phi) is 5.45. The van der Waals surface area contributed by atoms with Crippen LogP contribution in [0.5, 0.6) is 5.75 Å². The second-order valence-corrected chi connectivity index (χ2v) is 4.62. The summed E-state index contributed by atoms with van der Waals surface area (Å²) >= 11 is 0. The fourth-order valence-electron chi connectivity index (χ4n) is 2.03. The summed E-state index contributed by atoms with van der Waals surface area (Å²) in [6.45, 7) is 1.45. The van der Waals surface area contributed by atoms with Crippen molar-refractivity contribution in [2.24, 2.45) is 5.73 Å². The average molecular weight is 255 g/mol. The number of hydrogen-bond acceptors (Lipinski definition) is 2. The van der Waals surface area contributed by atoms with Gasteiger partial charge in [0.2, 0.25) is 0 Å². The van der Waals surface area contributed by atoms with Gasteiger partial charge in [-0.1, -0.05) is 42.5 Å². The van der Waals surface area contributed by atoms with Crippen molar-refractivity contribution in [3.8, 4) is 5.75 Å². The molecule has 0 radical (unpaired) electrons. The summed E-state index contributed by atoms with van der Waals surface area (Å²) in [7, 11) is 0. The van der Waals surface area contributed by atoms with E-state index in [1.54, 1.807) is 0 Å². The molecule has 0 aliphatic heterocycles. The maximum absolute atomic E-state index is 5.73. The van der Waals surface area contributed by atoms with Crippen LogP contribution in [0.2, 0.25) is 0 Å². The fraction of sp³-hybridized carbons (Fsp3) is 0.294. The van der Waals surface area contributed by atoms with Crippen molar-refractivity contribution in [1.82, 2.24) is 0 Å². The monoisotopic (exact) mass is 255 g/mol. The van der Waals surface area contributed by atoms with E-state index in [-0.39, 0.29) is 0 Å². The minimum Gasteiger partial charge on any atom is -0.494 e. The number of nitrogens with two attached hydrogens (primary N) is 1. The van der Waals surface area contributed by atoms with Crippen molar-refractivity contribution in [1.29, 1.82) is 0 Å². The molecule has 19 heavy (non-hydrogen) atoms. The Labute approximate surface area is 115 Å². The van der Waals surface area contributed by atoms with E-state index in [4.69, 9.17) is 10.5 Å². The van der Waals surface area contributed by atoms with E-state index < -0.39 is 0 Å². The molecule has 0 spiro atoms. The number of hydrogen-bond donors (Lipinski definition) is 1. The minimum atomic E-state index is 0.692. The van der Waals surface area contributed by atoms with Gasteiger partial charge in [0.1, 0.15) is 5.75 Å². The van der Waals surface area contributed by atoms with Crippen LogP contribution in [-0.4, -0.2) is 13.2 Å². The number of rotatable bonds is 7. The highest BCUT2D eigenvalue weighted by Gasteiger charge is 1.96. The van der Waals surface area contributed by atoms with E-state index in [1.165, 1.54) is 11.1 Å². The molecule has 2 aromatic rings. The van der Waals surface area contributed by atoms with Gasteiger partial charge < -0.3 is 10.5 Å². The third-order valence-corrected chi connectivity index (χ3v) is 3.08. The molecule has 2 N–H and O–H groups in total. The van der Waals surface area contributed by atoms with E-state index in [9.17, 15) is 0 Å². The molecular formula is C17H21NO. The lowest BCUT2D eigenvalue weighted by atomic mass is 10.1. The Morgan fingerprint density at radius 2 is 1.47 bits per heavy atom. The van der Waals surface area contributed by atoms with Gasteiger partial charge in [-0.25, -0.2) is 0 Å². The Morgan fingerprint density at radius 1 is 0.789 bits per heavy atom. The lowest BCUT2D eigenvalue weighted by Crippen LogP contribution is -2.03. The van der Waals surface area contributed by atoms with Crippen LogP contribution in [0, 0.1) is 0 Å². The molecule has 0 aliphatic carbocycles. The highest BCUT2D eigenvalue weighted by atomic mass is 16.5. The molecule has 0 saturated heterocycles. The van der Waals surface area contributed by atoms with Crippen LogP contribution in [0.15, 0.2) is 54.6 Å². The molecule has 100 valence electrons. The lowest BCUT2D eigenvalue weighted by molar-refractivity contribution is 0.311. The van der Waals surface area contributed by atoms with Crippen LogP contribution in [0.3, 0.4) is 0 Å². The van der Waals surface area contributed by atoms with Gasteiger partial charge in [0, 0.05) is 0 Å². The molecule has 0 amide bonds. The minimum absolute atomic E-state index is 0.692. The van der Waals surface area contributed by atoms with Crippen LogP contribution in [0.25, 0.3) is 0 Å². The standard InChI is InChI=1S/C17H21NO/c18-13-12-16-8-10-17(11-9-16)19-14-4-7-15-5-2-1-3-6-15/h1-3,5-6,8-11H,4,7,12-14,18H2. The van der Waals surface area contributed by atoms with Gasteiger partial charge in [0.15, 0.2) is 0 Å². The molecule has 2 rings (SSSR count). The van der Waals surface area contributed by atoms with Gasteiger partial charge in [-0.05, 0) is 49.1 Å². The molecule has 2 nitrogen and oxygen atoms in total. The molecule has 0 bridgehead atoms. The maximum atomic E-state index is 5.73. The molecule has 0 heterocycles. The van der Waals surface area contributed by atoms with E-state index in [1.807, 2.05) is 18.2 Å². The second kappa shape index (κ2) is 7.59. The number of benzene rings is 2. The first kappa shape index (κ1) is 13.6. The van der Waals surface area contributed by atoms with Crippen LogP contribution < -0.4 is 10.5 Å². The summed E-state index contributed by atoms with van der Waals surface area (Å²) in [5, 5.41) is 0. The summed E-state index contributed by atoms with van der Waals surface area (Å²) in [6.07, 6.45) is 3.02. The SMILES string of the molecule is NCCc1ccc(OCCCc2ccccc2)cc1. The lowest BCUT2D eigenvalue weighted by Gasteiger charge is -2.07. The molecule has 0 unspecified atom stereocenters. The van der Waals surface area contributed by atoms with Crippen molar-refractivity contribution in [3.63, 3.8) is 0 Å². The van der Waals surface area contributed by atoms with Crippen LogP contribution in [0.1, 0.15) is 17.5 Å². The topological polar surface area (TPSA) is 35.2 Å². The number of ether oxygens (including phenoxy) is 1. The molecular weight excluding hydrogens is 234 g/mol. The highest BCUT2D eigenvalue weighted by molar-refractivity contribution is 5.27. The van der Waals surface area contributed by atoms with E-state index in [2.05, 4.69) is 36.4 Å². The smallest absolute Gasteiger partial charge is 0.119 e. The summed E-state index contributed by atoms with van der Waals surface area (Å²) in [4.78, 5) is 0. The third kappa shape index (κ3) is 4.76. The Bertz CT molecular complexity index is 464. The van der Waals surface area contributed by atoms with Crippen molar-refractivity contribution in [3.05, 3.63) is 65.7 Å². The summed E-state index contributed by atoms with van der Waals surface area (Å²) in [5.41, 5.74) is 8.15.